The summed E-state index contributed by atoms with van der Waals surface area (Å²) in [7, 11) is 0. The number of aliphatic hydroxyl groups is 1. The van der Waals surface area contributed by atoms with Crippen LogP contribution in [0.25, 0.3) is 0 Å². The first-order valence-electron chi connectivity index (χ1n) is 11.6. The van der Waals surface area contributed by atoms with Gasteiger partial charge in [-0.05, 0) is 42.9 Å². The van der Waals surface area contributed by atoms with Crippen molar-refractivity contribution in [2.45, 2.75) is 63.1 Å². The highest BCUT2D eigenvalue weighted by Gasteiger charge is 2.37. The van der Waals surface area contributed by atoms with E-state index in [9.17, 15) is 23.1 Å². The molecule has 9 heteroatoms. The van der Waals surface area contributed by atoms with E-state index in [1.165, 1.54) is 12.1 Å². The molecule has 33 heavy (non-hydrogen) atoms. The molecule has 0 radical (unpaired) electrons. The minimum absolute atomic E-state index is 0.0578. The van der Waals surface area contributed by atoms with Crippen molar-refractivity contribution in [2.75, 3.05) is 26.2 Å². The number of benzene rings is 1. The zero-order chi connectivity index (χ0) is 23.8. The number of likely N-dealkylation sites (tertiary alicyclic amines) is 2. The molecule has 3 heterocycles. The molecule has 2 amide bonds. The molecule has 2 unspecified atom stereocenters. The number of urea groups is 1. The first-order chi connectivity index (χ1) is 15.6. The Labute approximate surface area is 191 Å². The van der Waals surface area contributed by atoms with Gasteiger partial charge in [-0.25, -0.2) is 4.79 Å². The van der Waals surface area contributed by atoms with Gasteiger partial charge in [-0.3, -0.25) is 5.10 Å². The molecule has 2 aliphatic rings. The molecule has 0 spiro atoms. The number of alkyl halides is 3. The zero-order valence-corrected chi connectivity index (χ0v) is 19.0. The van der Waals surface area contributed by atoms with Gasteiger partial charge in [-0.2, -0.15) is 18.3 Å². The van der Waals surface area contributed by atoms with Gasteiger partial charge in [0, 0.05) is 43.7 Å². The summed E-state index contributed by atoms with van der Waals surface area (Å²) in [5, 5.41) is 17.3. The van der Waals surface area contributed by atoms with E-state index in [1.54, 1.807) is 15.9 Å². The molecule has 2 fully saturated rings. The fourth-order valence-electron chi connectivity index (χ4n) is 4.81. The Morgan fingerprint density at radius 2 is 1.82 bits per heavy atom. The van der Waals surface area contributed by atoms with Crippen molar-refractivity contribution in [2.24, 2.45) is 0 Å². The Morgan fingerprint density at radius 3 is 2.45 bits per heavy atom. The van der Waals surface area contributed by atoms with E-state index >= 15 is 0 Å². The molecule has 1 aromatic carbocycles. The lowest BCUT2D eigenvalue weighted by molar-refractivity contribution is -0.137. The van der Waals surface area contributed by atoms with Crippen LogP contribution in [0.3, 0.4) is 0 Å². The number of nitrogens with one attached hydrogen (secondary N) is 1. The number of carbonyl (C=O) groups is 1. The SMILES string of the molecule is CC(C)c1cc(C2CC(c3cccc(C(F)(F)F)c3)CN(C(=O)N3CCC(O)CC3)C2)[nH]n1. The van der Waals surface area contributed by atoms with Crippen molar-refractivity contribution in [1.82, 2.24) is 20.0 Å². The van der Waals surface area contributed by atoms with Gasteiger partial charge in [-0.15, -0.1) is 0 Å². The first-order valence-corrected chi connectivity index (χ1v) is 11.6. The normalized spacial score (nSPS) is 22.8. The number of aromatic amines is 1. The fraction of sp³-hybridized carbons (Fsp3) is 0.583. The summed E-state index contributed by atoms with van der Waals surface area (Å²) in [6.45, 7) is 5.90. The van der Waals surface area contributed by atoms with Crippen molar-refractivity contribution in [1.29, 1.82) is 0 Å². The van der Waals surface area contributed by atoms with Gasteiger partial charge < -0.3 is 14.9 Å². The Hall–Kier alpha value is -2.55. The van der Waals surface area contributed by atoms with Gasteiger partial charge in [0.25, 0.3) is 0 Å². The summed E-state index contributed by atoms with van der Waals surface area (Å²) in [5.74, 6) is -0.0378. The number of rotatable bonds is 3. The lowest BCUT2D eigenvalue weighted by Gasteiger charge is -2.41. The van der Waals surface area contributed by atoms with Crippen molar-refractivity contribution in [3.05, 3.63) is 52.8 Å². The number of hydrogen-bond acceptors (Lipinski definition) is 3. The second-order valence-corrected chi connectivity index (χ2v) is 9.56. The summed E-state index contributed by atoms with van der Waals surface area (Å²) in [6, 6.07) is 7.33. The van der Waals surface area contributed by atoms with E-state index in [2.05, 4.69) is 10.2 Å². The average Bonchev–Trinajstić information content (AvgIpc) is 3.29. The van der Waals surface area contributed by atoms with Gasteiger partial charge in [-0.1, -0.05) is 32.0 Å². The Kier molecular flexibility index (Phi) is 6.70. The van der Waals surface area contributed by atoms with E-state index < -0.39 is 11.7 Å². The third-order valence-electron chi connectivity index (χ3n) is 6.79. The molecule has 2 saturated heterocycles. The number of aromatic nitrogens is 2. The van der Waals surface area contributed by atoms with Crippen LogP contribution in [0.4, 0.5) is 18.0 Å². The van der Waals surface area contributed by atoms with Crippen LogP contribution >= 0.6 is 0 Å². The smallest absolute Gasteiger partial charge is 0.393 e. The van der Waals surface area contributed by atoms with Crippen molar-refractivity contribution in [3.63, 3.8) is 0 Å². The highest BCUT2D eigenvalue weighted by molar-refractivity contribution is 5.75. The number of amides is 2. The lowest BCUT2D eigenvalue weighted by atomic mass is 9.82. The van der Waals surface area contributed by atoms with E-state index in [0.29, 0.717) is 51.0 Å². The fourth-order valence-corrected chi connectivity index (χ4v) is 4.81. The van der Waals surface area contributed by atoms with Crippen molar-refractivity contribution in [3.8, 4) is 0 Å². The Balaban J connectivity index is 1.61. The van der Waals surface area contributed by atoms with Crippen LogP contribution in [0.1, 0.15) is 73.4 Å². The van der Waals surface area contributed by atoms with Crippen molar-refractivity contribution >= 4 is 6.03 Å². The maximum Gasteiger partial charge on any atom is 0.416 e. The summed E-state index contributed by atoms with van der Waals surface area (Å²) < 4.78 is 40.0. The third-order valence-corrected chi connectivity index (χ3v) is 6.79. The molecule has 2 N–H and O–H groups in total. The van der Waals surface area contributed by atoms with Crippen LogP contribution in [0, 0.1) is 0 Å². The molecule has 180 valence electrons. The third kappa shape index (κ3) is 5.34. The minimum Gasteiger partial charge on any atom is -0.393 e. The average molecular weight is 465 g/mol. The molecule has 2 atom stereocenters. The number of aliphatic hydroxyl groups excluding tert-OH is 1. The van der Waals surface area contributed by atoms with Gasteiger partial charge in [0.15, 0.2) is 0 Å². The highest BCUT2D eigenvalue weighted by atomic mass is 19.4. The molecule has 6 nitrogen and oxygen atoms in total. The lowest BCUT2D eigenvalue weighted by Crippen LogP contribution is -2.51. The van der Waals surface area contributed by atoms with Crippen LogP contribution in [-0.2, 0) is 6.18 Å². The molecule has 1 aromatic heterocycles. The van der Waals surface area contributed by atoms with Crippen LogP contribution in [0.2, 0.25) is 0 Å². The maximum atomic E-state index is 13.3. The quantitative estimate of drug-likeness (QED) is 0.692. The summed E-state index contributed by atoms with van der Waals surface area (Å²) >= 11 is 0. The predicted octanol–water partition coefficient (Wildman–Crippen LogP) is 4.70. The van der Waals surface area contributed by atoms with Gasteiger partial charge >= 0.3 is 12.2 Å². The number of halogens is 3. The molecule has 2 aromatic rings. The van der Waals surface area contributed by atoms with E-state index in [0.717, 1.165) is 17.5 Å². The van der Waals surface area contributed by atoms with Gasteiger partial charge in [0.2, 0.25) is 0 Å². The van der Waals surface area contributed by atoms with Crippen LogP contribution in [0.5, 0.6) is 0 Å². The standard InChI is InChI=1S/C24H31F3N4O2/c1-15(2)21-12-22(29-28-21)18-10-17(16-4-3-5-19(11-16)24(25,26)27)13-31(14-18)23(33)30-8-6-20(32)7-9-30/h3-5,11-12,15,17-18,20,32H,6-10,13-14H2,1-2H3,(H,28,29). The van der Waals surface area contributed by atoms with E-state index in [4.69, 9.17) is 0 Å². The number of nitrogens with zero attached hydrogens (tertiary/aromatic N) is 3. The maximum absolute atomic E-state index is 13.3. The summed E-state index contributed by atoms with van der Waals surface area (Å²) in [5.41, 5.74) is 1.75. The summed E-state index contributed by atoms with van der Waals surface area (Å²) in [6.07, 6.45) is -3.09. The van der Waals surface area contributed by atoms with Crippen LogP contribution < -0.4 is 0 Å². The topological polar surface area (TPSA) is 72.5 Å². The molecular formula is C24H31F3N4O2. The van der Waals surface area contributed by atoms with Crippen LogP contribution in [-0.4, -0.2) is 63.4 Å². The zero-order valence-electron chi connectivity index (χ0n) is 19.0. The van der Waals surface area contributed by atoms with E-state index in [1.807, 2.05) is 19.9 Å². The number of H-pyrrole nitrogens is 1. The molecule has 4 rings (SSSR count). The van der Waals surface area contributed by atoms with Gasteiger partial charge in [0.05, 0.1) is 17.4 Å². The molecule has 0 bridgehead atoms. The Morgan fingerprint density at radius 1 is 1.12 bits per heavy atom. The first kappa shape index (κ1) is 23.6. The second-order valence-electron chi connectivity index (χ2n) is 9.56. The minimum atomic E-state index is -4.41. The van der Waals surface area contributed by atoms with Crippen LogP contribution in [0.15, 0.2) is 30.3 Å². The highest BCUT2D eigenvalue weighted by Crippen LogP contribution is 2.38. The molecule has 0 aliphatic carbocycles. The van der Waals surface area contributed by atoms with Gasteiger partial charge in [0.1, 0.15) is 0 Å². The number of piperidine rings is 2. The summed E-state index contributed by atoms with van der Waals surface area (Å²) in [4.78, 5) is 16.8. The molecular weight excluding hydrogens is 433 g/mol. The molecule has 2 aliphatic heterocycles. The molecule has 0 saturated carbocycles. The second kappa shape index (κ2) is 9.37. The van der Waals surface area contributed by atoms with E-state index in [-0.39, 0.29) is 29.9 Å². The monoisotopic (exact) mass is 464 g/mol. The number of hydrogen-bond donors (Lipinski definition) is 2. The largest absolute Gasteiger partial charge is 0.416 e. The predicted molar refractivity (Wildman–Crippen MR) is 118 cm³/mol. The number of carbonyl (C=O) groups excluding carboxylic acids is 1. The Bertz CT molecular complexity index is 967. The van der Waals surface area contributed by atoms with Crippen molar-refractivity contribution < 1.29 is 23.1 Å².